The Labute approximate surface area is 134 Å². The molecule has 1 saturated heterocycles. The average Bonchev–Trinajstić information content (AvgIpc) is 3.18. The number of anilines is 1. The number of imide groups is 1. The van der Waals surface area contributed by atoms with Gasteiger partial charge in [-0.15, -0.1) is 0 Å². The maximum Gasteiger partial charge on any atom is 0.238 e. The molecule has 4 atom stereocenters. The Morgan fingerprint density at radius 1 is 1.09 bits per heavy atom. The first-order valence-corrected chi connectivity index (χ1v) is 8.06. The van der Waals surface area contributed by atoms with Crippen molar-refractivity contribution in [2.75, 3.05) is 4.90 Å². The maximum atomic E-state index is 14.1. The molecule has 4 heteroatoms. The molecule has 1 aliphatic heterocycles. The van der Waals surface area contributed by atoms with Crippen molar-refractivity contribution in [2.24, 2.45) is 23.7 Å². The second kappa shape index (κ2) is 4.88. The van der Waals surface area contributed by atoms with Crippen molar-refractivity contribution in [1.29, 1.82) is 0 Å². The maximum absolute atomic E-state index is 14.1. The van der Waals surface area contributed by atoms with Crippen LogP contribution in [0.4, 0.5) is 10.1 Å². The van der Waals surface area contributed by atoms with E-state index in [1.54, 1.807) is 12.1 Å². The lowest BCUT2D eigenvalue weighted by molar-refractivity contribution is -0.123. The molecule has 2 aliphatic carbocycles. The van der Waals surface area contributed by atoms with Gasteiger partial charge in [0.2, 0.25) is 11.8 Å². The number of carbonyl (C=O) groups excluding carboxylic acids is 2. The van der Waals surface area contributed by atoms with E-state index in [1.165, 1.54) is 23.3 Å². The summed E-state index contributed by atoms with van der Waals surface area (Å²) in [6, 6.07) is 5.98. The van der Waals surface area contributed by atoms with E-state index in [2.05, 4.69) is 26.0 Å². The summed E-state index contributed by atoms with van der Waals surface area (Å²) >= 11 is 0. The Balaban J connectivity index is 1.78. The Morgan fingerprint density at radius 2 is 1.65 bits per heavy atom. The largest absolute Gasteiger partial charge is 0.274 e. The van der Waals surface area contributed by atoms with Crippen molar-refractivity contribution < 1.29 is 14.0 Å². The van der Waals surface area contributed by atoms with Crippen molar-refractivity contribution in [2.45, 2.75) is 20.3 Å². The van der Waals surface area contributed by atoms with Crippen LogP contribution >= 0.6 is 0 Å². The topological polar surface area (TPSA) is 37.4 Å². The Morgan fingerprint density at radius 3 is 2.17 bits per heavy atom. The minimum Gasteiger partial charge on any atom is -0.274 e. The van der Waals surface area contributed by atoms with Gasteiger partial charge >= 0.3 is 0 Å². The minimum absolute atomic E-state index is 0.00169. The number of hydrogen-bond acceptors (Lipinski definition) is 2. The number of benzene rings is 1. The minimum atomic E-state index is -0.532. The van der Waals surface area contributed by atoms with Crippen LogP contribution in [0.1, 0.15) is 20.3 Å². The summed E-state index contributed by atoms with van der Waals surface area (Å²) in [5.41, 5.74) is 2.57. The summed E-state index contributed by atoms with van der Waals surface area (Å²) in [5.74, 6) is -1.79. The summed E-state index contributed by atoms with van der Waals surface area (Å²) in [6.07, 6.45) is 5.02. The summed E-state index contributed by atoms with van der Waals surface area (Å²) < 4.78 is 14.1. The van der Waals surface area contributed by atoms with Crippen LogP contribution in [0.5, 0.6) is 0 Å². The molecule has 0 spiro atoms. The zero-order valence-corrected chi connectivity index (χ0v) is 13.1. The molecule has 2 bridgehead atoms. The first-order valence-electron chi connectivity index (χ1n) is 8.06. The lowest BCUT2D eigenvalue weighted by Crippen LogP contribution is -2.34. The lowest BCUT2D eigenvalue weighted by Gasteiger charge is -2.20. The summed E-state index contributed by atoms with van der Waals surface area (Å²) in [5, 5.41) is 0. The summed E-state index contributed by atoms with van der Waals surface area (Å²) in [6.45, 7) is 4.16. The molecule has 0 aromatic heterocycles. The molecule has 2 fully saturated rings. The van der Waals surface area contributed by atoms with Gasteiger partial charge in [0.25, 0.3) is 0 Å². The highest BCUT2D eigenvalue weighted by Gasteiger charge is 2.62. The molecule has 0 radical (unpaired) electrons. The standard InChI is InChI=1S/C19H18FNO2/c1-3-10(2)15-11-8-9-12(15)17-16(11)18(22)21(19(17)23)14-7-5-4-6-13(14)20/h4-9,11-12,16-17H,3H2,1-2H3. The molecule has 3 aliphatic rings. The number of carbonyl (C=O) groups is 2. The fourth-order valence-corrected chi connectivity index (χ4v) is 4.41. The molecule has 4 rings (SSSR count). The molecular formula is C19H18FNO2. The van der Waals surface area contributed by atoms with Gasteiger partial charge in [-0.3, -0.25) is 9.59 Å². The fraction of sp³-hybridized carbons (Fsp3) is 0.368. The van der Waals surface area contributed by atoms with Gasteiger partial charge in [0, 0.05) is 11.8 Å². The second-order valence-corrected chi connectivity index (χ2v) is 6.54. The van der Waals surface area contributed by atoms with Crippen LogP contribution in [0.2, 0.25) is 0 Å². The molecule has 1 heterocycles. The third kappa shape index (κ3) is 1.75. The smallest absolute Gasteiger partial charge is 0.238 e. The highest BCUT2D eigenvalue weighted by molar-refractivity contribution is 6.23. The Kier molecular flexibility index (Phi) is 3.05. The van der Waals surface area contributed by atoms with Crippen LogP contribution in [0.15, 0.2) is 47.6 Å². The molecular weight excluding hydrogens is 293 g/mol. The molecule has 1 aromatic rings. The van der Waals surface area contributed by atoms with Crippen LogP contribution in [0, 0.1) is 29.5 Å². The van der Waals surface area contributed by atoms with Crippen LogP contribution in [0.25, 0.3) is 0 Å². The van der Waals surface area contributed by atoms with E-state index in [9.17, 15) is 14.0 Å². The highest BCUT2D eigenvalue weighted by Crippen LogP contribution is 2.57. The van der Waals surface area contributed by atoms with E-state index in [0.29, 0.717) is 0 Å². The fourth-order valence-electron chi connectivity index (χ4n) is 4.41. The van der Waals surface area contributed by atoms with E-state index in [-0.39, 0.29) is 41.2 Å². The van der Waals surface area contributed by atoms with Crippen LogP contribution in [-0.4, -0.2) is 11.8 Å². The van der Waals surface area contributed by atoms with Crippen molar-refractivity contribution >= 4 is 17.5 Å². The van der Waals surface area contributed by atoms with Crippen molar-refractivity contribution in [3.63, 3.8) is 0 Å². The number of nitrogens with zero attached hydrogens (tertiary/aromatic N) is 1. The van der Waals surface area contributed by atoms with Gasteiger partial charge in [0.15, 0.2) is 0 Å². The zero-order chi connectivity index (χ0) is 16.3. The third-order valence-corrected chi connectivity index (χ3v) is 5.53. The quantitative estimate of drug-likeness (QED) is 0.619. The van der Waals surface area contributed by atoms with Crippen molar-refractivity contribution in [3.8, 4) is 0 Å². The molecule has 4 unspecified atom stereocenters. The van der Waals surface area contributed by atoms with E-state index in [4.69, 9.17) is 0 Å². The van der Waals surface area contributed by atoms with Crippen LogP contribution in [0.3, 0.4) is 0 Å². The number of amides is 2. The van der Waals surface area contributed by atoms with E-state index in [1.807, 2.05) is 0 Å². The molecule has 0 N–H and O–H groups in total. The molecule has 1 aromatic carbocycles. The zero-order valence-electron chi connectivity index (χ0n) is 13.1. The molecule has 23 heavy (non-hydrogen) atoms. The van der Waals surface area contributed by atoms with Gasteiger partial charge in [-0.05, 0) is 25.5 Å². The van der Waals surface area contributed by atoms with Gasteiger partial charge in [0.05, 0.1) is 17.5 Å². The number of halogens is 1. The van der Waals surface area contributed by atoms with Gasteiger partial charge in [-0.25, -0.2) is 9.29 Å². The first-order chi connectivity index (χ1) is 11.1. The Bertz CT molecular complexity index is 745. The number of para-hydroxylation sites is 1. The normalized spacial score (nSPS) is 31.3. The number of rotatable bonds is 2. The van der Waals surface area contributed by atoms with Gasteiger partial charge in [0.1, 0.15) is 5.82 Å². The van der Waals surface area contributed by atoms with Crippen molar-refractivity contribution in [3.05, 3.63) is 53.4 Å². The van der Waals surface area contributed by atoms with E-state index in [0.717, 1.165) is 11.3 Å². The van der Waals surface area contributed by atoms with E-state index < -0.39 is 5.82 Å². The van der Waals surface area contributed by atoms with Crippen LogP contribution < -0.4 is 4.90 Å². The third-order valence-electron chi connectivity index (χ3n) is 5.53. The number of hydrogen-bond donors (Lipinski definition) is 0. The van der Waals surface area contributed by atoms with E-state index >= 15 is 0 Å². The van der Waals surface area contributed by atoms with Gasteiger partial charge in [-0.1, -0.05) is 42.4 Å². The number of allylic oxidation sites excluding steroid dienone is 4. The predicted molar refractivity (Wildman–Crippen MR) is 85.0 cm³/mol. The average molecular weight is 311 g/mol. The summed E-state index contributed by atoms with van der Waals surface area (Å²) in [4.78, 5) is 26.8. The second-order valence-electron chi connectivity index (χ2n) is 6.54. The molecule has 118 valence electrons. The predicted octanol–water partition coefficient (Wildman–Crippen LogP) is 3.47. The first kappa shape index (κ1) is 14.4. The molecule has 2 amide bonds. The van der Waals surface area contributed by atoms with Crippen LogP contribution in [-0.2, 0) is 9.59 Å². The van der Waals surface area contributed by atoms with Crippen molar-refractivity contribution in [1.82, 2.24) is 0 Å². The molecule has 1 saturated carbocycles. The molecule has 3 nitrogen and oxygen atoms in total. The summed E-state index contributed by atoms with van der Waals surface area (Å²) in [7, 11) is 0. The van der Waals surface area contributed by atoms with Gasteiger partial charge < -0.3 is 0 Å². The Hall–Kier alpha value is -2.23. The lowest BCUT2D eigenvalue weighted by atomic mass is 9.85. The number of fused-ring (bicyclic) bond motifs is 5. The highest BCUT2D eigenvalue weighted by atomic mass is 19.1. The van der Waals surface area contributed by atoms with Gasteiger partial charge in [-0.2, -0.15) is 0 Å². The monoisotopic (exact) mass is 311 g/mol. The SMILES string of the molecule is CCC(C)=C1C2C=CC1C1C(=O)N(c3ccccc3F)C(=O)C21.